The minimum atomic E-state index is -0.323. The molecule has 2 atom stereocenters. The number of hydrogen-bond donors (Lipinski definition) is 3. The van der Waals surface area contributed by atoms with Crippen LogP contribution in [0.5, 0.6) is 0 Å². The third kappa shape index (κ3) is 4.64. The van der Waals surface area contributed by atoms with E-state index in [2.05, 4.69) is 30.9 Å². The maximum Gasteiger partial charge on any atom is 0.407 e. The fourth-order valence-electron chi connectivity index (χ4n) is 3.53. The van der Waals surface area contributed by atoms with Gasteiger partial charge >= 0.3 is 6.09 Å². The number of anilines is 3. The van der Waals surface area contributed by atoms with Gasteiger partial charge < -0.3 is 20.7 Å². The van der Waals surface area contributed by atoms with Gasteiger partial charge in [-0.15, -0.1) is 0 Å². The Kier molecular flexibility index (Phi) is 5.32. The second-order valence-electron chi connectivity index (χ2n) is 6.97. The van der Waals surface area contributed by atoms with E-state index in [-0.39, 0.29) is 12.2 Å². The maximum atomic E-state index is 12.0. The van der Waals surface area contributed by atoms with Gasteiger partial charge in [0, 0.05) is 25.5 Å². The molecule has 1 saturated carbocycles. The minimum Gasteiger partial charge on any atom is -0.446 e. The van der Waals surface area contributed by atoms with Gasteiger partial charge in [-0.2, -0.15) is 0 Å². The van der Waals surface area contributed by atoms with Crippen LogP contribution in [0.25, 0.3) is 0 Å². The summed E-state index contributed by atoms with van der Waals surface area (Å²) in [6.45, 7) is 1.39. The summed E-state index contributed by atoms with van der Waals surface area (Å²) in [5.41, 5.74) is 1.08. The Morgan fingerprint density at radius 1 is 1.00 bits per heavy atom. The lowest BCUT2D eigenvalue weighted by Gasteiger charge is -2.13. The number of carbonyl (C=O) groups excluding carboxylic acids is 1. The molecule has 2 aliphatic heterocycles. The van der Waals surface area contributed by atoms with E-state index in [0.29, 0.717) is 24.2 Å². The third-order valence-electron chi connectivity index (χ3n) is 4.97. The van der Waals surface area contributed by atoms with Gasteiger partial charge in [0.1, 0.15) is 17.7 Å². The van der Waals surface area contributed by atoms with Crippen molar-refractivity contribution in [3.8, 4) is 0 Å². The van der Waals surface area contributed by atoms with Crippen molar-refractivity contribution in [2.45, 2.75) is 44.1 Å². The van der Waals surface area contributed by atoms with Crippen molar-refractivity contribution in [3.63, 3.8) is 0 Å². The van der Waals surface area contributed by atoms with Crippen molar-refractivity contribution in [2.75, 3.05) is 23.7 Å². The third-order valence-corrected chi connectivity index (χ3v) is 4.97. The molecule has 5 rings (SSSR count). The largest absolute Gasteiger partial charge is 0.446 e. The molecular weight excluding hydrogens is 344 g/mol. The molecular formula is C19H24N6O2. The highest BCUT2D eigenvalue weighted by Crippen LogP contribution is 2.35. The molecule has 0 radical (unpaired) electrons. The van der Waals surface area contributed by atoms with E-state index in [0.717, 1.165) is 50.0 Å². The van der Waals surface area contributed by atoms with E-state index < -0.39 is 0 Å². The predicted molar refractivity (Wildman–Crippen MR) is 102 cm³/mol. The minimum absolute atomic E-state index is 0.0396. The van der Waals surface area contributed by atoms with Gasteiger partial charge in [0.2, 0.25) is 5.95 Å². The molecule has 3 aliphatic rings. The van der Waals surface area contributed by atoms with Gasteiger partial charge in [0.15, 0.2) is 0 Å². The van der Waals surface area contributed by atoms with E-state index in [9.17, 15) is 4.79 Å². The number of amides is 1. The van der Waals surface area contributed by atoms with E-state index in [1.165, 1.54) is 0 Å². The zero-order valence-electron chi connectivity index (χ0n) is 15.1. The summed E-state index contributed by atoms with van der Waals surface area (Å²) >= 11 is 0. The van der Waals surface area contributed by atoms with E-state index in [4.69, 9.17) is 4.74 Å². The molecule has 8 heteroatoms. The topological polar surface area (TPSA) is 101 Å². The van der Waals surface area contributed by atoms with Crippen molar-refractivity contribution in [1.29, 1.82) is 0 Å². The smallest absolute Gasteiger partial charge is 0.407 e. The van der Waals surface area contributed by atoms with Gasteiger partial charge in [-0.05, 0) is 55.7 Å². The Morgan fingerprint density at radius 2 is 1.78 bits per heavy atom. The van der Waals surface area contributed by atoms with Gasteiger partial charge in [-0.25, -0.2) is 19.7 Å². The van der Waals surface area contributed by atoms with Crippen molar-refractivity contribution in [3.05, 3.63) is 36.2 Å². The Bertz CT molecular complexity index is 782. The summed E-state index contributed by atoms with van der Waals surface area (Å²) in [7, 11) is 0. The van der Waals surface area contributed by atoms with Crippen LogP contribution in [0.15, 0.2) is 30.6 Å². The first-order chi connectivity index (χ1) is 13.3. The van der Waals surface area contributed by atoms with Crippen molar-refractivity contribution < 1.29 is 9.53 Å². The Balaban J connectivity index is 1.51. The number of nitrogens with one attached hydrogen (secondary N) is 3. The van der Waals surface area contributed by atoms with Crippen LogP contribution in [0.1, 0.15) is 43.6 Å². The summed E-state index contributed by atoms with van der Waals surface area (Å²) in [6.07, 6.45) is 7.80. The van der Waals surface area contributed by atoms with E-state index in [1.54, 1.807) is 0 Å². The molecule has 4 heterocycles. The molecule has 1 aliphatic carbocycles. The number of pyridine rings is 1. The summed E-state index contributed by atoms with van der Waals surface area (Å²) in [5.74, 6) is 2.34. The van der Waals surface area contributed by atoms with E-state index >= 15 is 0 Å². The van der Waals surface area contributed by atoms with Crippen LogP contribution in [0, 0.1) is 0 Å². The number of nitrogens with zero attached hydrogens (tertiary/aromatic N) is 3. The first kappa shape index (κ1) is 17.5. The molecule has 0 saturated heterocycles. The quantitative estimate of drug-likeness (QED) is 0.656. The highest BCUT2D eigenvalue weighted by molar-refractivity contribution is 5.67. The number of ether oxygens (including phenoxy) is 1. The van der Waals surface area contributed by atoms with Crippen LogP contribution in [-0.2, 0) is 4.74 Å². The summed E-state index contributed by atoms with van der Waals surface area (Å²) in [5, 5.41) is 9.28. The Labute approximate surface area is 158 Å². The number of aromatic nitrogens is 3. The predicted octanol–water partition coefficient (Wildman–Crippen LogP) is 3.18. The SMILES string of the molecule is O=C1NCCCCNc2cccc(n2)Nc2ncc(cn2)[C@@H]2CC[C@@H](C2)O1. The molecule has 2 aromatic rings. The highest BCUT2D eigenvalue weighted by atomic mass is 16.6. The van der Waals surface area contributed by atoms with Crippen LogP contribution >= 0.6 is 0 Å². The number of carbonyl (C=O) groups is 1. The molecule has 142 valence electrons. The maximum absolute atomic E-state index is 12.0. The molecule has 0 spiro atoms. The fraction of sp³-hybridized carbons (Fsp3) is 0.474. The van der Waals surface area contributed by atoms with Crippen molar-refractivity contribution >= 4 is 23.7 Å². The molecule has 0 unspecified atom stereocenters. The lowest BCUT2D eigenvalue weighted by Crippen LogP contribution is -2.29. The molecule has 1 fully saturated rings. The number of alkyl carbamates (subject to hydrolysis) is 1. The Morgan fingerprint density at radius 3 is 2.63 bits per heavy atom. The lowest BCUT2D eigenvalue weighted by molar-refractivity contribution is 0.100. The average molecular weight is 368 g/mol. The molecule has 2 aromatic heterocycles. The van der Waals surface area contributed by atoms with Crippen LogP contribution in [-0.4, -0.2) is 40.2 Å². The standard InChI is InChI=1S/C19H24N6O2/c26-19-21-9-2-1-8-20-16-4-3-5-17(24-16)25-18-22-11-14(12-23-18)13-6-7-15(10-13)27-19/h3-5,11-13,15H,1-2,6-10H2,(H,21,26)(H2,20,22,23,24,25)/t13-,15+/m1/s1. The monoisotopic (exact) mass is 368 g/mol. The van der Waals surface area contributed by atoms with Crippen molar-refractivity contribution in [1.82, 2.24) is 20.3 Å². The molecule has 6 bridgehead atoms. The number of rotatable bonds is 0. The summed E-state index contributed by atoms with van der Waals surface area (Å²) in [4.78, 5) is 25.3. The molecule has 3 N–H and O–H groups in total. The van der Waals surface area contributed by atoms with Crippen LogP contribution in [0.3, 0.4) is 0 Å². The Hall–Kier alpha value is -2.90. The second-order valence-corrected chi connectivity index (χ2v) is 6.97. The zero-order valence-corrected chi connectivity index (χ0v) is 15.1. The van der Waals surface area contributed by atoms with E-state index in [1.807, 2.05) is 30.6 Å². The van der Waals surface area contributed by atoms with Gasteiger partial charge in [-0.1, -0.05) is 6.07 Å². The summed E-state index contributed by atoms with van der Waals surface area (Å²) < 4.78 is 5.55. The molecule has 0 aromatic carbocycles. The summed E-state index contributed by atoms with van der Waals surface area (Å²) in [6, 6.07) is 5.74. The fourth-order valence-corrected chi connectivity index (χ4v) is 3.53. The van der Waals surface area contributed by atoms with Crippen LogP contribution in [0.2, 0.25) is 0 Å². The lowest BCUT2D eigenvalue weighted by atomic mass is 10.0. The number of hydrogen-bond acceptors (Lipinski definition) is 7. The molecule has 8 nitrogen and oxygen atoms in total. The zero-order chi connectivity index (χ0) is 18.5. The van der Waals surface area contributed by atoms with Crippen LogP contribution in [0.4, 0.5) is 22.4 Å². The highest BCUT2D eigenvalue weighted by Gasteiger charge is 2.29. The molecule has 1 amide bonds. The molecule has 27 heavy (non-hydrogen) atoms. The van der Waals surface area contributed by atoms with Gasteiger partial charge in [0.05, 0.1) is 0 Å². The first-order valence-electron chi connectivity index (χ1n) is 9.50. The van der Waals surface area contributed by atoms with Gasteiger partial charge in [-0.3, -0.25) is 0 Å². The second kappa shape index (κ2) is 8.20. The number of fused-ring (bicyclic) bond motifs is 9. The van der Waals surface area contributed by atoms with Crippen LogP contribution < -0.4 is 16.0 Å². The normalized spacial score (nSPS) is 23.0. The average Bonchev–Trinajstić information content (AvgIpc) is 3.13. The first-order valence-corrected chi connectivity index (χ1v) is 9.50. The van der Waals surface area contributed by atoms with Crippen molar-refractivity contribution in [2.24, 2.45) is 0 Å². The van der Waals surface area contributed by atoms with Gasteiger partial charge in [0.25, 0.3) is 0 Å².